The van der Waals surface area contributed by atoms with Crippen molar-refractivity contribution in [1.29, 1.82) is 0 Å². The Bertz CT molecular complexity index is 941. The van der Waals surface area contributed by atoms with E-state index in [0.29, 0.717) is 11.3 Å². The highest BCUT2D eigenvalue weighted by atomic mass is 79.9. The van der Waals surface area contributed by atoms with Crippen molar-refractivity contribution in [3.8, 4) is 11.3 Å². The first-order valence-electron chi connectivity index (χ1n) is 6.44. The normalized spacial score (nSPS) is 12.2. The van der Waals surface area contributed by atoms with E-state index < -0.39 is 11.2 Å². The Kier molecular flexibility index (Phi) is 4.61. The standard InChI is InChI=1S/C13H8BrClF2N6S/c14-9-3-1-7(2-4-9)10-8(5-18-20-10)6-19-23-11(13(15,16)17)21-22-12(23)24/h1-6H,(H,18,20)(H,22,24)/b19-6-. The summed E-state index contributed by atoms with van der Waals surface area (Å²) in [7, 11) is 0. The molecule has 0 aliphatic heterocycles. The van der Waals surface area contributed by atoms with Crippen molar-refractivity contribution in [2.45, 2.75) is 5.38 Å². The molecule has 0 unspecified atom stereocenters. The molecule has 0 radical (unpaired) electrons. The van der Waals surface area contributed by atoms with Gasteiger partial charge < -0.3 is 0 Å². The number of benzene rings is 1. The van der Waals surface area contributed by atoms with E-state index in [4.69, 9.17) is 23.8 Å². The summed E-state index contributed by atoms with van der Waals surface area (Å²) in [6.07, 6.45) is 2.86. The third-order valence-electron chi connectivity index (χ3n) is 3.02. The number of nitrogens with zero attached hydrogens (tertiary/aromatic N) is 4. The summed E-state index contributed by atoms with van der Waals surface area (Å²) in [6.45, 7) is 0. The van der Waals surface area contributed by atoms with E-state index >= 15 is 0 Å². The molecule has 0 amide bonds. The fraction of sp³-hybridized carbons (Fsp3) is 0.0769. The summed E-state index contributed by atoms with van der Waals surface area (Å²) in [6, 6.07) is 7.48. The molecule has 11 heteroatoms. The number of alkyl halides is 3. The topological polar surface area (TPSA) is 74.7 Å². The van der Waals surface area contributed by atoms with Gasteiger partial charge in [0.05, 0.1) is 18.1 Å². The zero-order valence-corrected chi connectivity index (χ0v) is 14.8. The molecular formula is C13H8BrClF2N6S. The number of hydrogen-bond donors (Lipinski definition) is 2. The number of H-pyrrole nitrogens is 2. The Morgan fingerprint density at radius 2 is 2.00 bits per heavy atom. The van der Waals surface area contributed by atoms with E-state index in [1.807, 2.05) is 24.3 Å². The molecule has 0 spiro atoms. The largest absolute Gasteiger partial charge is 0.383 e. The molecule has 2 N–H and O–H groups in total. The molecule has 0 aliphatic carbocycles. The second-order valence-electron chi connectivity index (χ2n) is 4.61. The fourth-order valence-electron chi connectivity index (χ4n) is 1.94. The lowest BCUT2D eigenvalue weighted by Gasteiger charge is -2.05. The van der Waals surface area contributed by atoms with Gasteiger partial charge in [0.1, 0.15) is 0 Å². The number of aromatic nitrogens is 5. The van der Waals surface area contributed by atoms with Gasteiger partial charge in [-0.3, -0.25) is 5.10 Å². The molecule has 0 bridgehead atoms. The summed E-state index contributed by atoms with van der Waals surface area (Å²) >= 11 is 13.2. The van der Waals surface area contributed by atoms with Gasteiger partial charge in [0.15, 0.2) is 0 Å². The molecule has 2 aromatic heterocycles. The molecule has 6 nitrogen and oxygen atoms in total. The highest BCUT2D eigenvalue weighted by Gasteiger charge is 2.35. The van der Waals surface area contributed by atoms with Gasteiger partial charge >= 0.3 is 5.38 Å². The van der Waals surface area contributed by atoms with Crippen LogP contribution < -0.4 is 0 Å². The predicted octanol–water partition coefficient (Wildman–Crippen LogP) is 4.26. The lowest BCUT2D eigenvalue weighted by atomic mass is 10.1. The minimum absolute atomic E-state index is 0.102. The highest BCUT2D eigenvalue weighted by Crippen LogP contribution is 2.30. The molecular weight excluding hydrogens is 426 g/mol. The lowest BCUT2D eigenvalue weighted by Crippen LogP contribution is -2.11. The van der Waals surface area contributed by atoms with E-state index in [-0.39, 0.29) is 4.77 Å². The molecule has 3 aromatic rings. The van der Waals surface area contributed by atoms with Gasteiger partial charge in [0.2, 0.25) is 10.6 Å². The van der Waals surface area contributed by atoms with E-state index in [1.54, 1.807) is 0 Å². The van der Waals surface area contributed by atoms with Crippen LogP contribution in [0.4, 0.5) is 8.78 Å². The SMILES string of the molecule is FC(F)(Cl)c1n[nH]c(=S)n1/N=C\c1cn[nH]c1-c1ccc(Br)cc1. The molecule has 0 aliphatic rings. The first-order chi connectivity index (χ1) is 11.4. The zero-order chi connectivity index (χ0) is 17.3. The second-order valence-corrected chi connectivity index (χ2v) is 6.39. The summed E-state index contributed by atoms with van der Waals surface area (Å²) < 4.78 is 28.2. The number of nitrogens with one attached hydrogen (secondary N) is 2. The molecule has 3 rings (SSSR count). The van der Waals surface area contributed by atoms with Gasteiger partial charge in [-0.25, -0.2) is 5.10 Å². The van der Waals surface area contributed by atoms with Crippen molar-refractivity contribution in [3.05, 3.63) is 51.1 Å². The minimum Gasteiger partial charge on any atom is -0.277 e. The number of aromatic amines is 2. The minimum atomic E-state index is -3.70. The molecule has 0 saturated heterocycles. The van der Waals surface area contributed by atoms with Crippen LogP contribution in [0.5, 0.6) is 0 Å². The maximum atomic E-state index is 13.3. The fourth-order valence-corrected chi connectivity index (χ4v) is 2.51. The Morgan fingerprint density at radius 1 is 1.29 bits per heavy atom. The number of rotatable bonds is 4. The summed E-state index contributed by atoms with van der Waals surface area (Å²) in [5, 5.41) is 12.7. The average Bonchev–Trinajstić information content (AvgIpc) is 3.12. The lowest BCUT2D eigenvalue weighted by molar-refractivity contribution is 0.0805. The van der Waals surface area contributed by atoms with Crippen LogP contribution >= 0.6 is 39.7 Å². The van der Waals surface area contributed by atoms with Crippen LogP contribution in [0.1, 0.15) is 11.4 Å². The average molecular weight is 434 g/mol. The molecule has 2 heterocycles. The predicted molar refractivity (Wildman–Crippen MR) is 91.9 cm³/mol. The van der Waals surface area contributed by atoms with Crippen LogP contribution in [-0.4, -0.2) is 31.3 Å². The van der Waals surface area contributed by atoms with Crippen molar-refractivity contribution < 1.29 is 8.78 Å². The summed E-state index contributed by atoms with van der Waals surface area (Å²) in [4.78, 5) is 0. The Morgan fingerprint density at radius 3 is 2.67 bits per heavy atom. The second kappa shape index (κ2) is 6.54. The summed E-state index contributed by atoms with van der Waals surface area (Å²) in [5.41, 5.74) is 2.13. The van der Waals surface area contributed by atoms with E-state index in [2.05, 4.69) is 41.4 Å². The first kappa shape index (κ1) is 16.9. The van der Waals surface area contributed by atoms with E-state index in [1.165, 1.54) is 12.4 Å². The van der Waals surface area contributed by atoms with Gasteiger partial charge in [-0.15, -0.1) is 5.10 Å². The van der Waals surface area contributed by atoms with Gasteiger partial charge in [0.25, 0.3) is 0 Å². The van der Waals surface area contributed by atoms with Gasteiger partial charge in [0, 0.05) is 15.6 Å². The maximum Gasteiger partial charge on any atom is 0.383 e. The van der Waals surface area contributed by atoms with Crippen LogP contribution in [0.2, 0.25) is 0 Å². The van der Waals surface area contributed by atoms with E-state index in [0.717, 1.165) is 14.7 Å². The molecule has 0 fully saturated rings. The monoisotopic (exact) mass is 432 g/mol. The maximum absolute atomic E-state index is 13.3. The number of hydrogen-bond acceptors (Lipinski definition) is 4. The quantitative estimate of drug-likeness (QED) is 0.367. The van der Waals surface area contributed by atoms with Crippen molar-refractivity contribution in [3.63, 3.8) is 0 Å². The van der Waals surface area contributed by atoms with Gasteiger partial charge in [-0.1, -0.05) is 28.1 Å². The van der Waals surface area contributed by atoms with Gasteiger partial charge in [-0.05, 0) is 36.0 Å². The van der Waals surface area contributed by atoms with Crippen LogP contribution in [0.3, 0.4) is 0 Å². The Labute approximate surface area is 152 Å². The van der Waals surface area contributed by atoms with Crippen molar-refractivity contribution in [2.75, 3.05) is 0 Å². The molecule has 124 valence electrons. The Balaban J connectivity index is 1.98. The van der Waals surface area contributed by atoms with Crippen LogP contribution in [0.25, 0.3) is 11.3 Å². The third kappa shape index (κ3) is 3.45. The molecule has 1 aromatic carbocycles. The van der Waals surface area contributed by atoms with Crippen LogP contribution in [-0.2, 0) is 5.38 Å². The van der Waals surface area contributed by atoms with Crippen LogP contribution in [0.15, 0.2) is 40.0 Å². The molecule has 24 heavy (non-hydrogen) atoms. The first-order valence-corrected chi connectivity index (χ1v) is 8.02. The van der Waals surface area contributed by atoms with Crippen molar-refractivity contribution in [1.82, 2.24) is 25.1 Å². The Hall–Kier alpha value is -1.91. The van der Waals surface area contributed by atoms with Gasteiger partial charge in [-0.2, -0.15) is 23.7 Å². The van der Waals surface area contributed by atoms with Crippen LogP contribution in [0, 0.1) is 4.77 Å². The van der Waals surface area contributed by atoms with Crippen molar-refractivity contribution >= 4 is 46.0 Å². The third-order valence-corrected chi connectivity index (χ3v) is 3.98. The summed E-state index contributed by atoms with van der Waals surface area (Å²) in [5.74, 6) is -0.792. The smallest absolute Gasteiger partial charge is 0.277 e. The molecule has 0 atom stereocenters. The highest BCUT2D eigenvalue weighted by molar-refractivity contribution is 9.10. The van der Waals surface area contributed by atoms with Crippen molar-refractivity contribution in [2.24, 2.45) is 5.10 Å². The number of halogens is 4. The molecule has 0 saturated carbocycles. The van der Waals surface area contributed by atoms with E-state index in [9.17, 15) is 8.78 Å². The zero-order valence-electron chi connectivity index (χ0n) is 11.7.